The van der Waals surface area contributed by atoms with Crippen LogP contribution in [-0.2, 0) is 4.79 Å². The first-order valence-corrected chi connectivity index (χ1v) is 7.31. The molecule has 0 saturated carbocycles. The van der Waals surface area contributed by atoms with E-state index in [0.29, 0.717) is 5.56 Å². The number of amides is 4. The zero-order chi connectivity index (χ0) is 17.4. The molecule has 7 heteroatoms. The Morgan fingerprint density at radius 2 is 1.46 bits per heavy atom. The second kappa shape index (κ2) is 8.33. The van der Waals surface area contributed by atoms with Crippen LogP contribution in [0.3, 0.4) is 0 Å². The Balaban J connectivity index is 1.93. The molecule has 2 aromatic rings. The van der Waals surface area contributed by atoms with Crippen molar-refractivity contribution in [1.82, 2.24) is 16.2 Å². The maximum Gasteiger partial charge on any atom is 0.312 e. The summed E-state index contributed by atoms with van der Waals surface area (Å²) >= 11 is 0. The molecule has 0 radical (unpaired) electrons. The molecule has 0 aliphatic heterocycles. The van der Waals surface area contributed by atoms with Gasteiger partial charge < -0.3 is 11.1 Å². The maximum atomic E-state index is 12.0. The van der Waals surface area contributed by atoms with Crippen LogP contribution in [0.1, 0.15) is 28.4 Å². The van der Waals surface area contributed by atoms with Crippen molar-refractivity contribution in [2.24, 2.45) is 5.73 Å². The van der Waals surface area contributed by atoms with Gasteiger partial charge in [0.05, 0.1) is 12.5 Å². The number of hydrazine groups is 1. The molecule has 5 N–H and O–H groups in total. The summed E-state index contributed by atoms with van der Waals surface area (Å²) in [5.41, 5.74) is 11.0. The number of benzene rings is 2. The second-order valence-electron chi connectivity index (χ2n) is 5.04. The highest BCUT2D eigenvalue weighted by molar-refractivity contribution is 5.95. The van der Waals surface area contributed by atoms with Crippen LogP contribution in [0.15, 0.2) is 60.7 Å². The van der Waals surface area contributed by atoms with E-state index in [2.05, 4.69) is 16.2 Å². The number of rotatable bonds is 5. The van der Waals surface area contributed by atoms with E-state index in [1.54, 1.807) is 54.6 Å². The lowest BCUT2D eigenvalue weighted by Crippen LogP contribution is -2.44. The average Bonchev–Trinajstić information content (AvgIpc) is 2.60. The van der Waals surface area contributed by atoms with Crippen LogP contribution in [0.25, 0.3) is 0 Å². The number of carbonyl (C=O) groups is 3. The highest BCUT2D eigenvalue weighted by atomic mass is 16.2. The first-order valence-electron chi connectivity index (χ1n) is 7.31. The number of nitrogens with one attached hydrogen (secondary N) is 3. The van der Waals surface area contributed by atoms with Gasteiger partial charge in [-0.05, 0) is 17.7 Å². The average molecular weight is 326 g/mol. The lowest BCUT2D eigenvalue weighted by Gasteiger charge is -2.17. The molecule has 0 saturated heterocycles. The topological polar surface area (TPSA) is 113 Å². The van der Waals surface area contributed by atoms with Crippen LogP contribution < -0.4 is 21.9 Å². The van der Waals surface area contributed by atoms with Crippen molar-refractivity contribution in [3.8, 4) is 0 Å². The van der Waals surface area contributed by atoms with Gasteiger partial charge in [0.1, 0.15) is 0 Å². The van der Waals surface area contributed by atoms with E-state index in [0.717, 1.165) is 5.56 Å². The van der Waals surface area contributed by atoms with E-state index < -0.39 is 23.9 Å². The summed E-state index contributed by atoms with van der Waals surface area (Å²) in [7, 11) is 0. The third kappa shape index (κ3) is 5.13. The Hall–Kier alpha value is -3.35. The van der Waals surface area contributed by atoms with Crippen LogP contribution in [0.2, 0.25) is 0 Å². The van der Waals surface area contributed by atoms with Gasteiger partial charge in [0.2, 0.25) is 5.91 Å². The normalized spacial score (nSPS) is 11.2. The zero-order valence-electron chi connectivity index (χ0n) is 12.9. The largest absolute Gasteiger partial charge is 0.352 e. The lowest BCUT2D eigenvalue weighted by atomic mass is 10.0. The van der Waals surface area contributed by atoms with Crippen LogP contribution in [0.5, 0.6) is 0 Å². The van der Waals surface area contributed by atoms with Crippen LogP contribution >= 0.6 is 0 Å². The number of primary amides is 1. The predicted molar refractivity (Wildman–Crippen MR) is 88.6 cm³/mol. The molecule has 0 heterocycles. The van der Waals surface area contributed by atoms with Crippen molar-refractivity contribution in [2.45, 2.75) is 12.5 Å². The fourth-order valence-corrected chi connectivity index (χ4v) is 2.13. The number of nitrogens with two attached hydrogens (primary N) is 1. The van der Waals surface area contributed by atoms with Gasteiger partial charge in [0, 0.05) is 5.56 Å². The molecule has 0 spiro atoms. The molecular weight excluding hydrogens is 308 g/mol. The molecule has 0 aromatic heterocycles. The van der Waals surface area contributed by atoms with Crippen LogP contribution in [0.4, 0.5) is 4.79 Å². The Morgan fingerprint density at radius 1 is 0.875 bits per heavy atom. The number of hydrogen-bond acceptors (Lipinski definition) is 3. The molecule has 1 unspecified atom stereocenters. The number of hydrogen-bond donors (Lipinski definition) is 4. The Labute approximate surface area is 139 Å². The SMILES string of the molecule is NC(=O)NC(CC(=O)NNC(=O)c1ccccc1)c1ccccc1. The molecule has 4 amide bonds. The summed E-state index contributed by atoms with van der Waals surface area (Å²) in [5.74, 6) is -0.884. The van der Waals surface area contributed by atoms with Gasteiger partial charge in [0.15, 0.2) is 0 Å². The van der Waals surface area contributed by atoms with Crippen molar-refractivity contribution >= 4 is 17.8 Å². The summed E-state index contributed by atoms with van der Waals surface area (Å²) in [6.07, 6.45) is -0.0674. The first-order chi connectivity index (χ1) is 11.6. The standard InChI is InChI=1S/C17H18N4O3/c18-17(24)19-14(12-7-3-1-4-8-12)11-15(22)20-21-16(23)13-9-5-2-6-10-13/h1-10,14H,11H2,(H,20,22)(H,21,23)(H3,18,19,24). The van der Waals surface area contributed by atoms with Gasteiger partial charge in [-0.15, -0.1) is 0 Å². The lowest BCUT2D eigenvalue weighted by molar-refractivity contribution is -0.122. The van der Waals surface area contributed by atoms with Gasteiger partial charge in [-0.2, -0.15) is 0 Å². The minimum atomic E-state index is -0.732. The highest BCUT2D eigenvalue weighted by Gasteiger charge is 2.17. The molecule has 2 rings (SSSR count). The molecule has 124 valence electrons. The van der Waals surface area contributed by atoms with E-state index in [1.165, 1.54) is 0 Å². The molecule has 7 nitrogen and oxygen atoms in total. The van der Waals surface area contributed by atoms with E-state index in [-0.39, 0.29) is 6.42 Å². The Kier molecular flexibility index (Phi) is 5.90. The van der Waals surface area contributed by atoms with E-state index >= 15 is 0 Å². The molecule has 1 atom stereocenters. The molecule has 0 fully saturated rings. The molecular formula is C17H18N4O3. The summed E-state index contributed by atoms with van der Waals surface area (Å²) in [4.78, 5) is 35.0. The monoisotopic (exact) mass is 326 g/mol. The van der Waals surface area contributed by atoms with Gasteiger partial charge in [-0.1, -0.05) is 48.5 Å². The summed E-state index contributed by atoms with van der Waals surface area (Å²) < 4.78 is 0. The smallest absolute Gasteiger partial charge is 0.312 e. The minimum Gasteiger partial charge on any atom is -0.352 e. The van der Waals surface area contributed by atoms with Crippen LogP contribution in [-0.4, -0.2) is 17.8 Å². The summed E-state index contributed by atoms with van der Waals surface area (Å²) in [6, 6.07) is 16.1. The molecule has 0 aliphatic rings. The van der Waals surface area contributed by atoms with Crippen molar-refractivity contribution in [2.75, 3.05) is 0 Å². The van der Waals surface area contributed by atoms with Gasteiger partial charge in [-0.25, -0.2) is 4.79 Å². The van der Waals surface area contributed by atoms with E-state index in [9.17, 15) is 14.4 Å². The molecule has 24 heavy (non-hydrogen) atoms. The van der Waals surface area contributed by atoms with Crippen molar-refractivity contribution < 1.29 is 14.4 Å². The number of carbonyl (C=O) groups excluding carboxylic acids is 3. The number of urea groups is 1. The predicted octanol–water partition coefficient (Wildman–Crippen LogP) is 1.25. The van der Waals surface area contributed by atoms with E-state index in [4.69, 9.17) is 5.73 Å². The molecule has 0 aliphatic carbocycles. The third-order valence-corrected chi connectivity index (χ3v) is 3.26. The molecule has 2 aromatic carbocycles. The van der Waals surface area contributed by atoms with Gasteiger partial charge in [0.25, 0.3) is 5.91 Å². The van der Waals surface area contributed by atoms with Gasteiger partial charge in [-0.3, -0.25) is 20.4 Å². The minimum absolute atomic E-state index is 0.0674. The fraction of sp³-hybridized carbons (Fsp3) is 0.118. The summed E-state index contributed by atoms with van der Waals surface area (Å²) in [5, 5.41) is 2.51. The van der Waals surface area contributed by atoms with Crippen LogP contribution in [0, 0.1) is 0 Å². The Morgan fingerprint density at radius 3 is 2.04 bits per heavy atom. The Bertz CT molecular complexity index is 704. The maximum absolute atomic E-state index is 12.0. The zero-order valence-corrected chi connectivity index (χ0v) is 12.9. The fourth-order valence-electron chi connectivity index (χ4n) is 2.13. The summed E-state index contributed by atoms with van der Waals surface area (Å²) in [6.45, 7) is 0. The highest BCUT2D eigenvalue weighted by Crippen LogP contribution is 2.16. The molecule has 0 bridgehead atoms. The first kappa shape index (κ1) is 17.0. The third-order valence-electron chi connectivity index (χ3n) is 3.26. The second-order valence-corrected chi connectivity index (χ2v) is 5.04. The van der Waals surface area contributed by atoms with Crippen molar-refractivity contribution in [3.63, 3.8) is 0 Å². The van der Waals surface area contributed by atoms with Crippen molar-refractivity contribution in [1.29, 1.82) is 0 Å². The van der Waals surface area contributed by atoms with Gasteiger partial charge >= 0.3 is 6.03 Å². The van der Waals surface area contributed by atoms with E-state index in [1.807, 2.05) is 6.07 Å². The van der Waals surface area contributed by atoms with Crippen molar-refractivity contribution in [3.05, 3.63) is 71.8 Å². The quantitative estimate of drug-likeness (QED) is 0.620.